The zero-order valence-corrected chi connectivity index (χ0v) is 18.6. The van der Waals surface area contributed by atoms with Gasteiger partial charge in [-0.05, 0) is 56.4 Å². The predicted molar refractivity (Wildman–Crippen MR) is 123 cm³/mol. The van der Waals surface area contributed by atoms with E-state index in [1.165, 1.54) is 11.8 Å². The van der Waals surface area contributed by atoms with Crippen LogP contribution in [0.25, 0.3) is 0 Å². The molecule has 8 nitrogen and oxygen atoms in total. The van der Waals surface area contributed by atoms with Gasteiger partial charge in [-0.1, -0.05) is 12.1 Å². The number of aromatic amines is 1. The van der Waals surface area contributed by atoms with E-state index in [1.807, 2.05) is 50.5 Å². The molecular formula is C22H27N7OS. The highest BCUT2D eigenvalue weighted by atomic mass is 32.2. The molecule has 0 atom stereocenters. The van der Waals surface area contributed by atoms with E-state index in [9.17, 15) is 4.79 Å². The molecule has 0 radical (unpaired) electrons. The Morgan fingerprint density at radius 2 is 1.94 bits per heavy atom. The quantitative estimate of drug-likeness (QED) is 0.392. The highest BCUT2D eigenvalue weighted by Gasteiger charge is 2.28. The van der Waals surface area contributed by atoms with E-state index in [2.05, 4.69) is 35.7 Å². The number of nitrogens with one attached hydrogen (secondary N) is 3. The summed E-state index contributed by atoms with van der Waals surface area (Å²) in [7, 11) is 4.08. The van der Waals surface area contributed by atoms with Crippen LogP contribution >= 0.6 is 11.8 Å². The maximum atomic E-state index is 12.0. The smallest absolute Gasteiger partial charge is 0.196 e. The van der Waals surface area contributed by atoms with Crippen molar-refractivity contribution in [1.29, 1.82) is 0 Å². The average Bonchev–Trinajstić information content (AvgIpc) is 3.47. The number of nitrogens with zero attached hydrogens (tertiary/aromatic N) is 4. The monoisotopic (exact) mass is 437 g/mol. The zero-order chi connectivity index (χ0) is 21.6. The van der Waals surface area contributed by atoms with Gasteiger partial charge in [0.2, 0.25) is 0 Å². The summed E-state index contributed by atoms with van der Waals surface area (Å²) in [6.45, 7) is 1.68. The summed E-state index contributed by atoms with van der Waals surface area (Å²) < 4.78 is 0. The molecule has 3 aromatic rings. The van der Waals surface area contributed by atoms with Crippen LogP contribution in [0.1, 0.15) is 18.4 Å². The number of aromatic nitrogens is 4. The molecule has 1 saturated carbocycles. The largest absolute Gasteiger partial charge is 0.369 e. The third-order valence-electron chi connectivity index (χ3n) is 4.88. The first-order valence-electron chi connectivity index (χ1n) is 10.4. The summed E-state index contributed by atoms with van der Waals surface area (Å²) in [5, 5.41) is 14.1. The first kappa shape index (κ1) is 21.3. The van der Waals surface area contributed by atoms with Crippen molar-refractivity contribution >= 4 is 35.0 Å². The van der Waals surface area contributed by atoms with Gasteiger partial charge in [0.15, 0.2) is 5.16 Å². The van der Waals surface area contributed by atoms with E-state index in [1.54, 1.807) is 6.20 Å². The summed E-state index contributed by atoms with van der Waals surface area (Å²) in [6, 6.07) is 11.8. The third kappa shape index (κ3) is 6.53. The molecule has 1 fully saturated rings. The topological polar surface area (TPSA) is 98.8 Å². The first-order valence-corrected chi connectivity index (χ1v) is 11.2. The van der Waals surface area contributed by atoms with Gasteiger partial charge in [0, 0.05) is 42.5 Å². The Balaban J connectivity index is 1.46. The van der Waals surface area contributed by atoms with Gasteiger partial charge in [-0.15, -0.1) is 0 Å². The van der Waals surface area contributed by atoms with Gasteiger partial charge >= 0.3 is 0 Å². The van der Waals surface area contributed by atoms with Crippen LogP contribution in [0.5, 0.6) is 0 Å². The lowest BCUT2D eigenvalue weighted by atomic mass is 10.1. The fraction of sp³-hybridized carbons (Fsp3) is 0.364. The highest BCUT2D eigenvalue weighted by Crippen LogP contribution is 2.32. The second-order valence-corrected chi connectivity index (χ2v) is 8.95. The van der Waals surface area contributed by atoms with Crippen molar-refractivity contribution < 1.29 is 4.79 Å². The Morgan fingerprint density at radius 3 is 2.61 bits per heavy atom. The van der Waals surface area contributed by atoms with Crippen LogP contribution in [-0.2, 0) is 11.2 Å². The number of Topliss-reactive ketones (excluding diaryl/α,β-unsaturated/α-hetero) is 1. The van der Waals surface area contributed by atoms with E-state index in [-0.39, 0.29) is 0 Å². The number of anilines is 3. The van der Waals surface area contributed by atoms with Gasteiger partial charge in [-0.2, -0.15) is 5.10 Å². The van der Waals surface area contributed by atoms with Crippen LogP contribution in [0, 0.1) is 5.92 Å². The number of hydrogen-bond acceptors (Lipinski definition) is 8. The van der Waals surface area contributed by atoms with Crippen LogP contribution in [-0.4, -0.2) is 58.0 Å². The molecule has 0 amide bonds. The molecule has 4 rings (SSSR count). The van der Waals surface area contributed by atoms with Crippen LogP contribution in [0.2, 0.25) is 0 Å². The maximum Gasteiger partial charge on any atom is 0.196 e. The number of carbonyl (C=O) groups is 1. The molecule has 0 saturated heterocycles. The standard InChI is InChI=1S/C22H27N7OS/c1-29(2)12-11-23-20-14-21(25-19-9-10-24-28-19)27-22(26-20)31-17-7-3-15(4-8-17)13-18(30)16-5-6-16/h3-4,7-10,14,16H,5-6,11-13H2,1-2H3,(H3,23,24,25,26,27,28). The normalized spacial score (nSPS) is 13.4. The van der Waals surface area contributed by atoms with Gasteiger partial charge < -0.3 is 15.5 Å². The Hall–Kier alpha value is -2.91. The number of likely N-dealkylation sites (N-methyl/N-ethyl adjacent to an activating group) is 1. The summed E-state index contributed by atoms with van der Waals surface area (Å²) in [5.74, 6) is 2.85. The molecule has 0 spiro atoms. The Labute approximate surface area is 186 Å². The van der Waals surface area contributed by atoms with Gasteiger partial charge in [0.1, 0.15) is 23.2 Å². The Morgan fingerprint density at radius 1 is 1.16 bits per heavy atom. The molecule has 1 aliphatic rings. The van der Waals surface area contributed by atoms with Crippen LogP contribution in [0.4, 0.5) is 17.5 Å². The Kier molecular flexibility index (Phi) is 6.83. The van der Waals surface area contributed by atoms with Gasteiger partial charge in [-0.3, -0.25) is 9.89 Å². The van der Waals surface area contributed by atoms with E-state index < -0.39 is 0 Å². The van der Waals surface area contributed by atoms with Crippen molar-refractivity contribution in [3.63, 3.8) is 0 Å². The lowest BCUT2D eigenvalue weighted by molar-refractivity contribution is -0.119. The number of H-pyrrole nitrogens is 1. The average molecular weight is 438 g/mol. The Bertz CT molecular complexity index is 1000. The first-order chi connectivity index (χ1) is 15.0. The van der Waals surface area contributed by atoms with Gasteiger partial charge in [0.25, 0.3) is 0 Å². The number of rotatable bonds is 11. The number of carbonyl (C=O) groups excluding carboxylic acids is 1. The third-order valence-corrected chi connectivity index (χ3v) is 5.75. The van der Waals surface area contributed by atoms with Crippen LogP contribution in [0.3, 0.4) is 0 Å². The molecule has 1 aliphatic carbocycles. The van der Waals surface area contributed by atoms with Crippen LogP contribution in [0.15, 0.2) is 52.6 Å². The number of benzene rings is 1. The van der Waals surface area contributed by atoms with Gasteiger partial charge in [-0.25, -0.2) is 9.97 Å². The molecule has 0 aliphatic heterocycles. The molecule has 2 aromatic heterocycles. The summed E-state index contributed by atoms with van der Waals surface area (Å²) in [5.41, 5.74) is 1.06. The summed E-state index contributed by atoms with van der Waals surface area (Å²) in [4.78, 5) is 24.5. The molecule has 0 unspecified atom stereocenters. The zero-order valence-electron chi connectivity index (χ0n) is 17.8. The molecule has 0 bridgehead atoms. The summed E-state index contributed by atoms with van der Waals surface area (Å²) in [6.07, 6.45) is 4.32. The molecule has 1 aromatic carbocycles. The highest BCUT2D eigenvalue weighted by molar-refractivity contribution is 7.99. The summed E-state index contributed by atoms with van der Waals surface area (Å²) >= 11 is 1.49. The molecule has 31 heavy (non-hydrogen) atoms. The van der Waals surface area contributed by atoms with Crippen molar-refractivity contribution in [1.82, 2.24) is 25.1 Å². The lowest BCUT2D eigenvalue weighted by Gasteiger charge is -2.13. The second kappa shape index (κ2) is 9.93. The maximum absolute atomic E-state index is 12.0. The molecule has 3 N–H and O–H groups in total. The minimum atomic E-state index is 0.297. The van der Waals surface area contributed by atoms with E-state index in [0.29, 0.717) is 29.1 Å². The molecule has 2 heterocycles. The molecule has 162 valence electrons. The number of ketones is 1. The second-order valence-electron chi connectivity index (χ2n) is 7.91. The minimum absolute atomic E-state index is 0.297. The van der Waals surface area contributed by atoms with Crippen molar-refractivity contribution in [3.8, 4) is 0 Å². The predicted octanol–water partition coefficient (Wildman–Crippen LogP) is 3.59. The number of hydrogen-bond donors (Lipinski definition) is 3. The van der Waals surface area contributed by atoms with Crippen molar-refractivity contribution in [2.24, 2.45) is 5.92 Å². The van der Waals surface area contributed by atoms with E-state index in [4.69, 9.17) is 0 Å². The molecule has 9 heteroatoms. The molecular weight excluding hydrogens is 410 g/mol. The van der Waals surface area contributed by atoms with E-state index >= 15 is 0 Å². The van der Waals surface area contributed by atoms with Crippen molar-refractivity contribution in [2.75, 3.05) is 37.8 Å². The fourth-order valence-electron chi connectivity index (χ4n) is 3.03. The van der Waals surface area contributed by atoms with Crippen LogP contribution < -0.4 is 10.6 Å². The van der Waals surface area contributed by atoms with E-state index in [0.717, 1.165) is 48.0 Å². The van der Waals surface area contributed by atoms with Crippen molar-refractivity contribution in [3.05, 3.63) is 48.2 Å². The SMILES string of the molecule is CN(C)CCNc1cc(Nc2ccn[nH]2)nc(Sc2ccc(CC(=O)C3CC3)cc2)n1. The van der Waals surface area contributed by atoms with Gasteiger partial charge in [0.05, 0.1) is 6.20 Å². The lowest BCUT2D eigenvalue weighted by Crippen LogP contribution is -2.21. The fourth-order valence-corrected chi connectivity index (χ4v) is 3.80. The van der Waals surface area contributed by atoms with Crippen molar-refractivity contribution in [2.45, 2.75) is 29.3 Å². The minimum Gasteiger partial charge on any atom is -0.369 e.